The minimum absolute atomic E-state index is 0.216. The van der Waals surface area contributed by atoms with Crippen molar-refractivity contribution in [1.29, 1.82) is 0 Å². The van der Waals surface area contributed by atoms with Gasteiger partial charge >= 0.3 is 0 Å². The molecule has 0 aliphatic rings. The smallest absolute Gasteiger partial charge is 0.127 e. The van der Waals surface area contributed by atoms with Crippen LogP contribution in [0.1, 0.15) is 19.4 Å². The van der Waals surface area contributed by atoms with Crippen molar-refractivity contribution in [3.05, 3.63) is 34.6 Å². The van der Waals surface area contributed by atoms with Crippen LogP contribution in [0.15, 0.2) is 18.2 Å². The number of rotatable bonds is 5. The fraction of sp³-hybridized carbons (Fsp3) is 0.500. The molecule has 0 spiro atoms. The summed E-state index contributed by atoms with van der Waals surface area (Å²) < 4.78 is 13.5. The predicted octanol–water partition coefficient (Wildman–Crippen LogP) is 2.65. The highest BCUT2D eigenvalue weighted by Gasteiger charge is 2.12. The van der Waals surface area contributed by atoms with Crippen LogP contribution in [0.2, 0.25) is 5.02 Å². The fourth-order valence-electron chi connectivity index (χ4n) is 1.57. The van der Waals surface area contributed by atoms with E-state index in [4.69, 9.17) is 17.3 Å². The van der Waals surface area contributed by atoms with E-state index in [1.54, 1.807) is 12.1 Å². The minimum atomic E-state index is -0.216. The lowest BCUT2D eigenvalue weighted by Crippen LogP contribution is -2.35. The zero-order valence-corrected chi connectivity index (χ0v) is 10.5. The number of benzene rings is 1. The van der Waals surface area contributed by atoms with Crippen molar-refractivity contribution >= 4 is 11.6 Å². The van der Waals surface area contributed by atoms with Gasteiger partial charge in [0.05, 0.1) is 0 Å². The predicted molar refractivity (Wildman–Crippen MR) is 66.0 cm³/mol. The second-order valence-corrected chi connectivity index (χ2v) is 4.53. The first-order valence-electron chi connectivity index (χ1n) is 5.42. The Morgan fingerprint density at radius 3 is 2.69 bits per heavy atom. The average molecular weight is 245 g/mol. The molecule has 2 nitrogen and oxygen atoms in total. The molecule has 16 heavy (non-hydrogen) atoms. The van der Waals surface area contributed by atoms with E-state index in [-0.39, 0.29) is 5.82 Å². The number of hydrogen-bond donors (Lipinski definition) is 1. The molecule has 1 aromatic rings. The topological polar surface area (TPSA) is 29.3 Å². The van der Waals surface area contributed by atoms with E-state index >= 15 is 0 Å². The Morgan fingerprint density at radius 1 is 1.44 bits per heavy atom. The van der Waals surface area contributed by atoms with Crippen LogP contribution >= 0.6 is 11.6 Å². The van der Waals surface area contributed by atoms with Gasteiger partial charge < -0.3 is 5.73 Å². The zero-order chi connectivity index (χ0) is 12.1. The molecule has 2 N–H and O–H groups in total. The summed E-state index contributed by atoms with van der Waals surface area (Å²) in [4.78, 5) is 2.12. The molecule has 4 heteroatoms. The van der Waals surface area contributed by atoms with Crippen LogP contribution in [0.4, 0.5) is 4.39 Å². The summed E-state index contributed by atoms with van der Waals surface area (Å²) in [5.41, 5.74) is 6.15. The van der Waals surface area contributed by atoms with Gasteiger partial charge in [-0.15, -0.1) is 0 Å². The number of nitrogens with two attached hydrogens (primary N) is 1. The summed E-state index contributed by atoms with van der Waals surface area (Å²) in [6.45, 7) is 6.00. The first-order valence-corrected chi connectivity index (χ1v) is 5.80. The lowest BCUT2D eigenvalue weighted by Gasteiger charge is -2.26. The van der Waals surface area contributed by atoms with Crippen molar-refractivity contribution in [3.63, 3.8) is 0 Å². The molecule has 0 saturated heterocycles. The average Bonchev–Trinajstić information content (AvgIpc) is 2.22. The van der Waals surface area contributed by atoms with E-state index in [2.05, 4.69) is 18.7 Å². The molecular formula is C12H18ClFN2. The molecular weight excluding hydrogens is 227 g/mol. The summed E-state index contributed by atoms with van der Waals surface area (Å²) in [5.74, 6) is -0.216. The first-order chi connectivity index (χ1) is 7.54. The highest BCUT2D eigenvalue weighted by molar-refractivity contribution is 6.30. The molecule has 1 aromatic carbocycles. The van der Waals surface area contributed by atoms with Crippen LogP contribution in [-0.4, -0.2) is 24.0 Å². The summed E-state index contributed by atoms with van der Waals surface area (Å²) in [6, 6.07) is 4.96. The van der Waals surface area contributed by atoms with E-state index in [1.807, 2.05) is 0 Å². The molecule has 90 valence electrons. The van der Waals surface area contributed by atoms with Gasteiger partial charge in [-0.1, -0.05) is 11.6 Å². The van der Waals surface area contributed by atoms with Gasteiger partial charge in [0, 0.05) is 36.3 Å². The third kappa shape index (κ3) is 3.74. The van der Waals surface area contributed by atoms with Crippen LogP contribution in [0.3, 0.4) is 0 Å². The van der Waals surface area contributed by atoms with Crippen LogP contribution in [0.5, 0.6) is 0 Å². The Balaban J connectivity index is 2.80. The monoisotopic (exact) mass is 244 g/mol. The number of nitrogens with zero attached hydrogens (tertiary/aromatic N) is 1. The molecule has 0 amide bonds. The summed E-state index contributed by atoms with van der Waals surface area (Å²) >= 11 is 5.85. The molecule has 0 radical (unpaired) electrons. The molecule has 0 bridgehead atoms. The first kappa shape index (κ1) is 13.4. The Bertz CT molecular complexity index is 342. The molecule has 0 fully saturated rings. The lowest BCUT2D eigenvalue weighted by molar-refractivity contribution is 0.216. The molecule has 0 aromatic heterocycles. The molecule has 0 atom stereocenters. The molecule has 0 saturated carbocycles. The second-order valence-electron chi connectivity index (χ2n) is 4.09. The van der Waals surface area contributed by atoms with Gasteiger partial charge in [-0.3, -0.25) is 4.90 Å². The standard InChI is InChI=1S/C12H18ClFN2/c1-9(2)16(6-5-15)8-10-7-11(13)3-4-12(10)14/h3-4,7,9H,5-6,8,15H2,1-2H3. The Kier molecular flexibility index (Phi) is 5.19. The van der Waals surface area contributed by atoms with Gasteiger partial charge in [0.2, 0.25) is 0 Å². The molecule has 0 aliphatic heterocycles. The summed E-state index contributed by atoms with van der Waals surface area (Å²) in [6.07, 6.45) is 0. The van der Waals surface area contributed by atoms with Crippen molar-refractivity contribution in [2.75, 3.05) is 13.1 Å². The molecule has 0 heterocycles. The minimum Gasteiger partial charge on any atom is -0.329 e. The molecule has 0 unspecified atom stereocenters. The van der Waals surface area contributed by atoms with E-state index in [1.165, 1.54) is 6.07 Å². The van der Waals surface area contributed by atoms with Crippen LogP contribution in [-0.2, 0) is 6.54 Å². The normalized spacial score (nSPS) is 11.4. The summed E-state index contributed by atoms with van der Waals surface area (Å²) in [7, 11) is 0. The van der Waals surface area contributed by atoms with Crippen LogP contribution in [0, 0.1) is 5.82 Å². The SMILES string of the molecule is CC(C)N(CCN)Cc1cc(Cl)ccc1F. The molecule has 0 aliphatic carbocycles. The number of hydrogen-bond acceptors (Lipinski definition) is 2. The van der Waals surface area contributed by atoms with Crippen molar-refractivity contribution in [2.45, 2.75) is 26.4 Å². The van der Waals surface area contributed by atoms with E-state index in [9.17, 15) is 4.39 Å². The zero-order valence-electron chi connectivity index (χ0n) is 9.71. The van der Waals surface area contributed by atoms with E-state index in [0.29, 0.717) is 29.7 Å². The van der Waals surface area contributed by atoms with Gasteiger partial charge in [0.15, 0.2) is 0 Å². The van der Waals surface area contributed by atoms with Gasteiger partial charge in [-0.25, -0.2) is 4.39 Å². The van der Waals surface area contributed by atoms with Gasteiger partial charge in [0.1, 0.15) is 5.82 Å². The Morgan fingerprint density at radius 2 is 2.12 bits per heavy atom. The highest BCUT2D eigenvalue weighted by Crippen LogP contribution is 2.17. The maximum absolute atomic E-state index is 13.5. The van der Waals surface area contributed by atoms with E-state index < -0.39 is 0 Å². The maximum Gasteiger partial charge on any atom is 0.127 e. The summed E-state index contributed by atoms with van der Waals surface area (Å²) in [5, 5.41) is 0.563. The van der Waals surface area contributed by atoms with Gasteiger partial charge in [0.25, 0.3) is 0 Å². The van der Waals surface area contributed by atoms with Gasteiger partial charge in [-0.05, 0) is 32.0 Å². The van der Waals surface area contributed by atoms with Crippen molar-refractivity contribution in [2.24, 2.45) is 5.73 Å². The van der Waals surface area contributed by atoms with Crippen molar-refractivity contribution in [1.82, 2.24) is 4.90 Å². The van der Waals surface area contributed by atoms with E-state index in [0.717, 1.165) is 6.54 Å². The quantitative estimate of drug-likeness (QED) is 0.863. The highest BCUT2D eigenvalue weighted by atomic mass is 35.5. The lowest BCUT2D eigenvalue weighted by atomic mass is 10.1. The van der Waals surface area contributed by atoms with Gasteiger partial charge in [-0.2, -0.15) is 0 Å². The number of halogens is 2. The van der Waals surface area contributed by atoms with Crippen LogP contribution < -0.4 is 5.73 Å². The second kappa shape index (κ2) is 6.18. The molecule has 1 rings (SSSR count). The Hall–Kier alpha value is -0.640. The third-order valence-electron chi connectivity index (χ3n) is 2.53. The fourth-order valence-corrected chi connectivity index (χ4v) is 1.76. The Labute approximate surface area is 101 Å². The third-order valence-corrected chi connectivity index (χ3v) is 2.76. The largest absolute Gasteiger partial charge is 0.329 e. The van der Waals surface area contributed by atoms with Crippen molar-refractivity contribution < 1.29 is 4.39 Å². The van der Waals surface area contributed by atoms with Crippen LogP contribution in [0.25, 0.3) is 0 Å². The maximum atomic E-state index is 13.5. The van der Waals surface area contributed by atoms with Crippen molar-refractivity contribution in [3.8, 4) is 0 Å².